The highest BCUT2D eigenvalue weighted by molar-refractivity contribution is 5.51. The van der Waals surface area contributed by atoms with Crippen molar-refractivity contribution in [3.8, 4) is 11.6 Å². The van der Waals surface area contributed by atoms with Crippen molar-refractivity contribution in [2.75, 3.05) is 7.11 Å². The van der Waals surface area contributed by atoms with E-state index in [0.717, 1.165) is 13.2 Å². The zero-order valence-electron chi connectivity index (χ0n) is 7.48. The van der Waals surface area contributed by atoms with Crippen LogP contribution < -0.4 is 4.74 Å². The molecule has 0 saturated carbocycles. The topological polar surface area (TPSA) is 85.5 Å². The molecule has 1 aromatic rings. The average Bonchev–Trinajstić information content (AvgIpc) is 2.17. The van der Waals surface area contributed by atoms with Crippen LogP contribution in [-0.4, -0.2) is 22.1 Å². The molecule has 1 heterocycles. The first-order valence-electron chi connectivity index (χ1n) is 3.67. The van der Waals surface area contributed by atoms with E-state index in [1.165, 1.54) is 0 Å². The molecule has 0 saturated heterocycles. The van der Waals surface area contributed by atoms with Crippen LogP contribution in [0.3, 0.4) is 0 Å². The fourth-order valence-electron chi connectivity index (χ4n) is 0.916. The normalized spacial score (nSPS) is 10.4. The van der Waals surface area contributed by atoms with Crippen LogP contribution >= 0.6 is 0 Å². The van der Waals surface area contributed by atoms with Crippen molar-refractivity contribution < 1.29 is 23.5 Å². The summed E-state index contributed by atoms with van der Waals surface area (Å²) in [4.78, 5) is 12.6. The maximum Gasteiger partial charge on any atom is 0.318 e. The first-order valence-corrected chi connectivity index (χ1v) is 3.67. The van der Waals surface area contributed by atoms with Crippen LogP contribution in [0, 0.1) is 10.1 Å². The summed E-state index contributed by atoms with van der Waals surface area (Å²) in [6.07, 6.45) is -3.11. The molecular formula is C7H6F2N2O4. The Morgan fingerprint density at radius 2 is 2.27 bits per heavy atom. The lowest BCUT2D eigenvalue weighted by Crippen LogP contribution is -1.99. The monoisotopic (exact) mass is 220 g/mol. The highest BCUT2D eigenvalue weighted by Crippen LogP contribution is 2.36. The van der Waals surface area contributed by atoms with Crippen LogP contribution in [0.25, 0.3) is 0 Å². The van der Waals surface area contributed by atoms with Crippen molar-refractivity contribution >= 4 is 5.69 Å². The molecule has 0 aliphatic rings. The largest absolute Gasteiger partial charge is 0.501 e. The zero-order chi connectivity index (χ0) is 11.6. The molecule has 0 amide bonds. The number of ether oxygens (including phenoxy) is 1. The Kier molecular flexibility index (Phi) is 2.98. The second-order valence-corrected chi connectivity index (χ2v) is 2.48. The fourth-order valence-corrected chi connectivity index (χ4v) is 0.916. The number of nitro groups is 1. The fraction of sp³-hybridized carbons (Fsp3) is 0.286. The number of hydrogen-bond donors (Lipinski definition) is 1. The maximum absolute atomic E-state index is 12.3. The molecule has 8 heteroatoms. The minimum Gasteiger partial charge on any atom is -0.501 e. The summed E-state index contributed by atoms with van der Waals surface area (Å²) in [6, 6.07) is 0.765. The molecule has 0 fully saturated rings. The number of methoxy groups -OCH3 is 1. The average molecular weight is 220 g/mol. The van der Waals surface area contributed by atoms with E-state index in [2.05, 4.69) is 9.72 Å². The van der Waals surface area contributed by atoms with Gasteiger partial charge in [0, 0.05) is 0 Å². The van der Waals surface area contributed by atoms with Gasteiger partial charge in [0.05, 0.1) is 18.1 Å². The second-order valence-electron chi connectivity index (χ2n) is 2.48. The Morgan fingerprint density at radius 3 is 2.67 bits per heavy atom. The molecule has 1 aromatic heterocycles. The van der Waals surface area contributed by atoms with Crippen LogP contribution in [0.15, 0.2) is 6.07 Å². The highest BCUT2D eigenvalue weighted by atomic mass is 19.3. The van der Waals surface area contributed by atoms with Gasteiger partial charge in [-0.15, -0.1) is 0 Å². The lowest BCUT2D eigenvalue weighted by molar-refractivity contribution is -0.386. The summed E-state index contributed by atoms with van der Waals surface area (Å²) in [5, 5.41) is 19.5. The second kappa shape index (κ2) is 4.03. The van der Waals surface area contributed by atoms with Gasteiger partial charge in [-0.3, -0.25) is 10.1 Å². The van der Waals surface area contributed by atoms with Crippen molar-refractivity contribution in [2.45, 2.75) is 6.43 Å². The minimum absolute atomic E-state index is 0.352. The third-order valence-corrected chi connectivity index (χ3v) is 1.59. The number of hydrogen-bond acceptors (Lipinski definition) is 5. The van der Waals surface area contributed by atoms with Crippen molar-refractivity contribution in [1.29, 1.82) is 0 Å². The van der Waals surface area contributed by atoms with Gasteiger partial charge in [-0.2, -0.15) is 0 Å². The molecule has 0 aliphatic carbocycles. The van der Waals surface area contributed by atoms with Crippen molar-refractivity contribution in [2.24, 2.45) is 0 Å². The molecule has 0 spiro atoms. The Labute approximate surface area is 82.3 Å². The molecule has 1 rings (SSSR count). The summed E-state index contributed by atoms with van der Waals surface area (Å²) < 4.78 is 29.1. The number of rotatable bonds is 3. The van der Waals surface area contributed by atoms with Gasteiger partial charge < -0.3 is 9.84 Å². The molecule has 6 nitrogen and oxygen atoms in total. The van der Waals surface area contributed by atoms with Crippen molar-refractivity contribution in [1.82, 2.24) is 4.98 Å². The molecule has 0 aliphatic heterocycles. The standard InChI is InChI=1S/C7H6F2N2O4/c1-15-4-2-3(11(13)14)6(12)5(10-4)7(8)9/h2,7,12H,1H3. The first-order chi connectivity index (χ1) is 6.97. The molecule has 0 atom stereocenters. The number of aromatic hydroxyl groups is 1. The first kappa shape index (κ1) is 11.1. The SMILES string of the molecule is COc1cc([N+](=O)[O-])c(O)c(C(F)F)n1. The number of pyridine rings is 1. The van der Waals surface area contributed by atoms with E-state index in [-0.39, 0.29) is 5.88 Å². The van der Waals surface area contributed by atoms with E-state index in [4.69, 9.17) is 5.11 Å². The molecular weight excluding hydrogens is 214 g/mol. The number of aromatic nitrogens is 1. The van der Waals surface area contributed by atoms with Crippen LogP contribution in [0.1, 0.15) is 12.1 Å². The minimum atomic E-state index is -3.11. The third-order valence-electron chi connectivity index (χ3n) is 1.59. The lowest BCUT2D eigenvalue weighted by Gasteiger charge is -2.05. The molecule has 0 unspecified atom stereocenters. The maximum atomic E-state index is 12.3. The van der Waals surface area contributed by atoms with E-state index >= 15 is 0 Å². The molecule has 15 heavy (non-hydrogen) atoms. The summed E-state index contributed by atoms with van der Waals surface area (Å²) in [5.74, 6) is -1.49. The van der Waals surface area contributed by atoms with Gasteiger partial charge in [0.25, 0.3) is 6.43 Å². The molecule has 0 aromatic carbocycles. The quantitative estimate of drug-likeness (QED) is 0.618. The lowest BCUT2D eigenvalue weighted by atomic mass is 10.3. The third kappa shape index (κ3) is 2.09. The van der Waals surface area contributed by atoms with Crippen molar-refractivity contribution in [3.05, 3.63) is 21.9 Å². The highest BCUT2D eigenvalue weighted by Gasteiger charge is 2.26. The predicted molar refractivity (Wildman–Crippen MR) is 44.1 cm³/mol. The molecule has 82 valence electrons. The van der Waals surface area contributed by atoms with Crippen LogP contribution in [0.4, 0.5) is 14.5 Å². The van der Waals surface area contributed by atoms with Gasteiger partial charge in [-0.05, 0) is 0 Å². The Bertz CT molecular complexity index is 397. The van der Waals surface area contributed by atoms with Gasteiger partial charge in [-0.25, -0.2) is 13.8 Å². The van der Waals surface area contributed by atoms with E-state index in [0.29, 0.717) is 0 Å². The van der Waals surface area contributed by atoms with E-state index in [1.807, 2.05) is 0 Å². The summed E-state index contributed by atoms with van der Waals surface area (Å²) in [5.41, 5.74) is -1.93. The molecule has 0 radical (unpaired) electrons. The summed E-state index contributed by atoms with van der Waals surface area (Å²) >= 11 is 0. The Morgan fingerprint density at radius 1 is 1.67 bits per heavy atom. The summed E-state index contributed by atoms with van der Waals surface area (Å²) in [6.45, 7) is 0. The van der Waals surface area contributed by atoms with Gasteiger partial charge in [0.2, 0.25) is 11.6 Å². The Balaban J connectivity index is 3.40. The summed E-state index contributed by atoms with van der Waals surface area (Å²) in [7, 11) is 1.12. The van der Waals surface area contributed by atoms with Crippen LogP contribution in [-0.2, 0) is 0 Å². The number of nitrogens with zero attached hydrogens (tertiary/aromatic N) is 2. The molecule has 1 N–H and O–H groups in total. The molecule has 0 bridgehead atoms. The zero-order valence-corrected chi connectivity index (χ0v) is 7.48. The predicted octanol–water partition coefficient (Wildman–Crippen LogP) is 1.64. The smallest absolute Gasteiger partial charge is 0.318 e. The van der Waals surface area contributed by atoms with Crippen LogP contribution in [0.5, 0.6) is 11.6 Å². The Hall–Kier alpha value is -1.99. The van der Waals surface area contributed by atoms with Gasteiger partial charge in [0.15, 0.2) is 5.69 Å². The number of alkyl halides is 2. The van der Waals surface area contributed by atoms with E-state index in [1.54, 1.807) is 0 Å². The van der Waals surface area contributed by atoms with Crippen molar-refractivity contribution in [3.63, 3.8) is 0 Å². The number of halogens is 2. The van der Waals surface area contributed by atoms with E-state index < -0.39 is 28.5 Å². The van der Waals surface area contributed by atoms with Gasteiger partial charge in [-0.1, -0.05) is 0 Å². The van der Waals surface area contributed by atoms with E-state index in [9.17, 15) is 18.9 Å². The van der Waals surface area contributed by atoms with Crippen LogP contribution in [0.2, 0.25) is 0 Å². The van der Waals surface area contributed by atoms with Gasteiger partial charge >= 0.3 is 5.69 Å². The van der Waals surface area contributed by atoms with Gasteiger partial charge in [0.1, 0.15) is 0 Å².